The molecule has 0 saturated heterocycles. The van der Waals surface area contributed by atoms with E-state index < -0.39 is 11.5 Å². The van der Waals surface area contributed by atoms with Crippen LogP contribution in [0.25, 0.3) is 0 Å². The van der Waals surface area contributed by atoms with Gasteiger partial charge in [-0.25, -0.2) is 0 Å². The van der Waals surface area contributed by atoms with Crippen LogP contribution in [0.4, 0.5) is 0 Å². The van der Waals surface area contributed by atoms with Crippen LogP contribution >= 0.6 is 0 Å². The highest BCUT2D eigenvalue weighted by Crippen LogP contribution is 2.52. The van der Waals surface area contributed by atoms with Crippen molar-refractivity contribution in [1.82, 2.24) is 5.32 Å². The second-order valence-electron chi connectivity index (χ2n) is 12.0. The second-order valence-corrected chi connectivity index (χ2v) is 12.0. The van der Waals surface area contributed by atoms with Crippen molar-refractivity contribution in [2.24, 2.45) is 5.92 Å². The summed E-state index contributed by atoms with van der Waals surface area (Å²) in [6.45, 7) is 13.3. The number of benzene rings is 2. The zero-order valence-corrected chi connectivity index (χ0v) is 26.5. The fourth-order valence-electron chi connectivity index (χ4n) is 6.32. The molecule has 1 N–H and O–H groups in total. The van der Waals surface area contributed by atoms with Gasteiger partial charge in [-0.15, -0.1) is 0 Å². The van der Waals surface area contributed by atoms with Crippen LogP contribution in [0.3, 0.4) is 0 Å². The number of Topliss-reactive ketones (excluding diaryl/α,β-unsaturated/α-hetero) is 1. The molecule has 7 nitrogen and oxygen atoms in total. The summed E-state index contributed by atoms with van der Waals surface area (Å²) in [5.41, 5.74) is 3.45. The Morgan fingerprint density at radius 2 is 1.71 bits per heavy atom. The number of methoxy groups -OCH3 is 1. The SMILES string of the molecule is CCOc1cc(C(C)C(CCOC(C)c2ccccc2)C(=O)NC2(C(C)=O)CC(OC)C2)c(C)c(OCC)c1C1CC1. The predicted molar refractivity (Wildman–Crippen MR) is 164 cm³/mol. The lowest BCUT2D eigenvalue weighted by Crippen LogP contribution is -2.65. The van der Waals surface area contributed by atoms with E-state index in [4.69, 9.17) is 18.9 Å². The lowest BCUT2D eigenvalue weighted by molar-refractivity contribution is -0.143. The number of ether oxygens (including phenoxy) is 4. The van der Waals surface area contributed by atoms with Gasteiger partial charge in [-0.3, -0.25) is 9.59 Å². The van der Waals surface area contributed by atoms with Crippen molar-refractivity contribution in [2.45, 2.75) is 103 Å². The lowest BCUT2D eigenvalue weighted by Gasteiger charge is -2.46. The van der Waals surface area contributed by atoms with Crippen LogP contribution in [-0.2, 0) is 19.1 Å². The number of carbonyl (C=O) groups excluding carboxylic acids is 2. The standard InChI is InChI=1S/C35H49NO6/c1-8-40-31-19-30(23(4)33(41-9-2)32(31)27-15-16-27)22(3)29(17-18-42-24(5)26-13-11-10-12-14-26)34(38)36-35(25(6)37)20-28(21-35)39-7/h10-14,19,22,24,27-29H,8-9,15-18,20-21H2,1-7H3,(H,36,38). The summed E-state index contributed by atoms with van der Waals surface area (Å²) in [7, 11) is 1.65. The van der Waals surface area contributed by atoms with Crippen LogP contribution in [0.1, 0.15) is 107 Å². The average Bonchev–Trinajstić information content (AvgIpc) is 3.79. The van der Waals surface area contributed by atoms with E-state index in [1.165, 1.54) is 0 Å². The second kappa shape index (κ2) is 14.0. The molecule has 230 valence electrons. The summed E-state index contributed by atoms with van der Waals surface area (Å²) in [6.07, 6.45) is 3.62. The van der Waals surface area contributed by atoms with E-state index in [0.29, 0.717) is 45.0 Å². The van der Waals surface area contributed by atoms with E-state index in [0.717, 1.165) is 46.6 Å². The normalized spacial score (nSPS) is 22.0. The summed E-state index contributed by atoms with van der Waals surface area (Å²) in [4.78, 5) is 26.8. The molecular formula is C35H49NO6. The van der Waals surface area contributed by atoms with Gasteiger partial charge in [0.1, 0.15) is 17.0 Å². The van der Waals surface area contributed by atoms with Crippen molar-refractivity contribution in [3.05, 3.63) is 58.7 Å². The van der Waals surface area contributed by atoms with Crippen LogP contribution < -0.4 is 14.8 Å². The molecule has 0 bridgehead atoms. The number of amides is 1. The Morgan fingerprint density at radius 1 is 1.05 bits per heavy atom. The molecule has 7 heteroatoms. The van der Waals surface area contributed by atoms with Crippen molar-refractivity contribution in [3.8, 4) is 11.5 Å². The van der Waals surface area contributed by atoms with Gasteiger partial charge in [-0.2, -0.15) is 0 Å². The van der Waals surface area contributed by atoms with Crippen molar-refractivity contribution >= 4 is 11.7 Å². The third-order valence-electron chi connectivity index (χ3n) is 9.16. The van der Waals surface area contributed by atoms with Crippen LogP contribution in [0.5, 0.6) is 11.5 Å². The summed E-state index contributed by atoms with van der Waals surface area (Å²) in [5, 5.41) is 3.17. The minimum Gasteiger partial charge on any atom is -0.493 e. The highest BCUT2D eigenvalue weighted by molar-refractivity contribution is 5.93. The van der Waals surface area contributed by atoms with Gasteiger partial charge in [0, 0.05) is 38.0 Å². The van der Waals surface area contributed by atoms with Gasteiger partial charge < -0.3 is 24.3 Å². The molecule has 0 spiro atoms. The van der Waals surface area contributed by atoms with Crippen molar-refractivity contribution in [3.63, 3.8) is 0 Å². The quantitative estimate of drug-likeness (QED) is 0.235. The summed E-state index contributed by atoms with van der Waals surface area (Å²) in [5.74, 6) is 1.42. The maximum atomic E-state index is 14.1. The number of hydrogen-bond donors (Lipinski definition) is 1. The summed E-state index contributed by atoms with van der Waals surface area (Å²) in [6, 6.07) is 12.2. The largest absolute Gasteiger partial charge is 0.493 e. The minimum atomic E-state index is -0.883. The molecule has 1 amide bonds. The molecule has 0 aromatic heterocycles. The minimum absolute atomic E-state index is 0.0279. The number of hydrogen-bond acceptors (Lipinski definition) is 6. The molecule has 0 radical (unpaired) electrons. The zero-order chi connectivity index (χ0) is 30.4. The van der Waals surface area contributed by atoms with Crippen LogP contribution in [0.15, 0.2) is 36.4 Å². The third kappa shape index (κ3) is 7.00. The summed E-state index contributed by atoms with van der Waals surface area (Å²) < 4.78 is 24.1. The van der Waals surface area contributed by atoms with E-state index >= 15 is 0 Å². The van der Waals surface area contributed by atoms with E-state index in [-0.39, 0.29) is 29.8 Å². The molecule has 0 aliphatic heterocycles. The Balaban J connectivity index is 1.64. The average molecular weight is 580 g/mol. The van der Waals surface area contributed by atoms with E-state index in [1.54, 1.807) is 14.0 Å². The molecule has 3 unspecified atom stereocenters. The fraction of sp³-hybridized carbons (Fsp3) is 0.600. The molecule has 0 heterocycles. The molecule has 3 atom stereocenters. The monoisotopic (exact) mass is 579 g/mol. The first-order chi connectivity index (χ1) is 20.2. The van der Waals surface area contributed by atoms with Crippen molar-refractivity contribution in [1.29, 1.82) is 0 Å². The molecular weight excluding hydrogens is 530 g/mol. The maximum Gasteiger partial charge on any atom is 0.224 e. The summed E-state index contributed by atoms with van der Waals surface area (Å²) >= 11 is 0. The van der Waals surface area contributed by atoms with Crippen molar-refractivity contribution in [2.75, 3.05) is 26.9 Å². The predicted octanol–water partition coefficient (Wildman–Crippen LogP) is 6.81. The van der Waals surface area contributed by atoms with Gasteiger partial charge in [0.25, 0.3) is 0 Å². The molecule has 2 aliphatic rings. The Morgan fingerprint density at radius 3 is 2.29 bits per heavy atom. The molecule has 2 saturated carbocycles. The van der Waals surface area contributed by atoms with E-state index in [2.05, 4.69) is 25.2 Å². The number of carbonyl (C=O) groups is 2. The molecule has 2 aliphatic carbocycles. The van der Waals surface area contributed by atoms with Gasteiger partial charge in [0.05, 0.1) is 25.4 Å². The highest BCUT2D eigenvalue weighted by atomic mass is 16.5. The Kier molecular flexibility index (Phi) is 10.7. The zero-order valence-electron chi connectivity index (χ0n) is 26.5. The first kappa shape index (κ1) is 32.0. The topological polar surface area (TPSA) is 83.1 Å². The van der Waals surface area contributed by atoms with Crippen LogP contribution in [0.2, 0.25) is 0 Å². The van der Waals surface area contributed by atoms with Crippen LogP contribution in [-0.4, -0.2) is 50.3 Å². The molecule has 4 rings (SSSR count). The van der Waals surface area contributed by atoms with Crippen LogP contribution in [0, 0.1) is 12.8 Å². The van der Waals surface area contributed by atoms with E-state index in [9.17, 15) is 9.59 Å². The molecule has 42 heavy (non-hydrogen) atoms. The Bertz CT molecular complexity index is 1220. The number of ketones is 1. The maximum absolute atomic E-state index is 14.1. The van der Waals surface area contributed by atoms with Gasteiger partial charge in [0.2, 0.25) is 5.91 Å². The van der Waals surface area contributed by atoms with Crippen molar-refractivity contribution < 1.29 is 28.5 Å². The first-order valence-electron chi connectivity index (χ1n) is 15.6. The van der Waals surface area contributed by atoms with E-state index in [1.807, 2.05) is 51.1 Å². The van der Waals surface area contributed by atoms with Gasteiger partial charge in [-0.05, 0) is 88.5 Å². The molecule has 2 aromatic rings. The Labute approximate surface area is 251 Å². The first-order valence-corrected chi connectivity index (χ1v) is 15.6. The lowest BCUT2D eigenvalue weighted by atomic mass is 9.71. The smallest absolute Gasteiger partial charge is 0.224 e. The number of rotatable bonds is 16. The molecule has 2 aromatic carbocycles. The van der Waals surface area contributed by atoms with Gasteiger partial charge >= 0.3 is 0 Å². The highest BCUT2D eigenvalue weighted by Gasteiger charge is 2.50. The van der Waals surface area contributed by atoms with Gasteiger partial charge in [0.15, 0.2) is 5.78 Å². The fourth-order valence-corrected chi connectivity index (χ4v) is 6.32. The van der Waals surface area contributed by atoms with Gasteiger partial charge in [-0.1, -0.05) is 37.3 Å². The Hall–Kier alpha value is -2.90. The third-order valence-corrected chi connectivity index (χ3v) is 9.16. The number of nitrogens with one attached hydrogen (secondary N) is 1. The molecule has 2 fully saturated rings.